The first-order chi connectivity index (χ1) is 7.47. The Balaban J connectivity index is 2.27. The van der Waals surface area contributed by atoms with Gasteiger partial charge in [0.1, 0.15) is 11.6 Å². The Morgan fingerprint density at radius 3 is 2.62 bits per heavy atom. The van der Waals surface area contributed by atoms with Crippen molar-refractivity contribution in [2.75, 3.05) is 6.54 Å². The van der Waals surface area contributed by atoms with Crippen LogP contribution in [0.15, 0.2) is 12.7 Å². The van der Waals surface area contributed by atoms with Crippen molar-refractivity contribution in [1.29, 1.82) is 0 Å². The van der Waals surface area contributed by atoms with Gasteiger partial charge in [-0.1, -0.05) is 6.08 Å². The molecule has 1 atom stereocenters. The molecule has 1 N–H and O–H groups in total. The summed E-state index contributed by atoms with van der Waals surface area (Å²) in [7, 11) is 0. The van der Waals surface area contributed by atoms with Crippen molar-refractivity contribution >= 4 is 11.8 Å². The molecule has 1 saturated heterocycles. The molecule has 4 heteroatoms. The van der Waals surface area contributed by atoms with Crippen LogP contribution < -0.4 is 5.32 Å². The van der Waals surface area contributed by atoms with Gasteiger partial charge in [0, 0.05) is 6.54 Å². The second-order valence-electron chi connectivity index (χ2n) is 5.14. The van der Waals surface area contributed by atoms with Crippen LogP contribution in [0, 0.1) is 5.92 Å². The topological polar surface area (TPSA) is 49.4 Å². The fourth-order valence-corrected chi connectivity index (χ4v) is 2.28. The van der Waals surface area contributed by atoms with Gasteiger partial charge in [0.25, 0.3) is 0 Å². The minimum atomic E-state index is -0.786. The van der Waals surface area contributed by atoms with Crippen LogP contribution in [0.25, 0.3) is 0 Å². The molecule has 1 saturated carbocycles. The van der Waals surface area contributed by atoms with Gasteiger partial charge in [-0.15, -0.1) is 6.58 Å². The molecule has 16 heavy (non-hydrogen) atoms. The zero-order chi connectivity index (χ0) is 11.9. The maximum Gasteiger partial charge on any atom is 0.248 e. The number of amides is 2. The molecule has 2 fully saturated rings. The molecule has 4 nitrogen and oxygen atoms in total. The number of hydrogen-bond donors (Lipinski definition) is 1. The molecule has 2 rings (SSSR count). The normalized spacial score (nSPS) is 28.9. The van der Waals surface area contributed by atoms with Crippen LogP contribution in [0.1, 0.15) is 26.7 Å². The molecule has 0 aromatic carbocycles. The fourth-order valence-electron chi connectivity index (χ4n) is 2.28. The molecule has 0 aromatic heterocycles. The van der Waals surface area contributed by atoms with Gasteiger partial charge in [0.15, 0.2) is 0 Å². The van der Waals surface area contributed by atoms with Crippen LogP contribution in [-0.4, -0.2) is 34.8 Å². The zero-order valence-corrected chi connectivity index (χ0v) is 9.82. The number of carbonyl (C=O) groups is 2. The quantitative estimate of drug-likeness (QED) is 0.714. The van der Waals surface area contributed by atoms with Crippen molar-refractivity contribution in [3.05, 3.63) is 12.7 Å². The summed E-state index contributed by atoms with van der Waals surface area (Å²) >= 11 is 0. The van der Waals surface area contributed by atoms with E-state index in [9.17, 15) is 9.59 Å². The maximum absolute atomic E-state index is 12.2. The average molecular weight is 222 g/mol. The second kappa shape index (κ2) is 3.61. The van der Waals surface area contributed by atoms with Gasteiger partial charge >= 0.3 is 0 Å². The first-order valence-electron chi connectivity index (χ1n) is 5.71. The summed E-state index contributed by atoms with van der Waals surface area (Å²) < 4.78 is 0. The van der Waals surface area contributed by atoms with Gasteiger partial charge < -0.3 is 10.2 Å². The summed E-state index contributed by atoms with van der Waals surface area (Å²) in [6, 6.07) is -0.279. The molecule has 1 aliphatic heterocycles. The molecular weight excluding hydrogens is 204 g/mol. The summed E-state index contributed by atoms with van der Waals surface area (Å²) in [5.74, 6) is 0.317. The standard InChI is InChI=1S/C12H18N2O2/c1-4-7-14-9(8-5-6-8)10(15)13-12(2,3)11(14)16/h4,8-9H,1,5-7H2,2-3H3,(H,13,15). The van der Waals surface area contributed by atoms with Crippen molar-refractivity contribution in [3.63, 3.8) is 0 Å². The van der Waals surface area contributed by atoms with Gasteiger partial charge in [0.05, 0.1) is 0 Å². The molecule has 1 unspecified atom stereocenters. The summed E-state index contributed by atoms with van der Waals surface area (Å²) in [6.45, 7) is 7.59. The van der Waals surface area contributed by atoms with Gasteiger partial charge in [0.2, 0.25) is 11.8 Å². The highest BCUT2D eigenvalue weighted by atomic mass is 16.2. The van der Waals surface area contributed by atoms with Gasteiger partial charge in [-0.3, -0.25) is 9.59 Å². The van der Waals surface area contributed by atoms with Crippen LogP contribution in [0.4, 0.5) is 0 Å². The number of piperazine rings is 1. The summed E-state index contributed by atoms with van der Waals surface area (Å²) in [6.07, 6.45) is 3.76. The lowest BCUT2D eigenvalue weighted by Crippen LogP contribution is -2.68. The second-order valence-corrected chi connectivity index (χ2v) is 5.14. The molecule has 2 aliphatic rings. The van der Waals surface area contributed by atoms with E-state index in [1.807, 2.05) is 0 Å². The van der Waals surface area contributed by atoms with Crippen LogP contribution in [-0.2, 0) is 9.59 Å². The van der Waals surface area contributed by atoms with Gasteiger partial charge in [-0.05, 0) is 32.6 Å². The Labute approximate surface area is 95.7 Å². The maximum atomic E-state index is 12.2. The zero-order valence-electron chi connectivity index (χ0n) is 9.82. The number of nitrogens with one attached hydrogen (secondary N) is 1. The monoisotopic (exact) mass is 222 g/mol. The van der Waals surface area contributed by atoms with Crippen molar-refractivity contribution < 1.29 is 9.59 Å². The van der Waals surface area contributed by atoms with Gasteiger partial charge in [-0.2, -0.15) is 0 Å². The first-order valence-corrected chi connectivity index (χ1v) is 5.71. The molecule has 1 heterocycles. The minimum absolute atomic E-state index is 0.0103. The number of nitrogens with zero attached hydrogens (tertiary/aromatic N) is 1. The van der Waals surface area contributed by atoms with E-state index in [1.165, 1.54) is 0 Å². The lowest BCUT2D eigenvalue weighted by atomic mass is 9.95. The van der Waals surface area contributed by atoms with Crippen LogP contribution in [0.3, 0.4) is 0 Å². The third kappa shape index (κ3) is 1.72. The molecule has 0 bridgehead atoms. The molecular formula is C12H18N2O2. The third-order valence-corrected chi connectivity index (χ3v) is 3.23. The van der Waals surface area contributed by atoms with E-state index in [0.29, 0.717) is 12.5 Å². The smallest absolute Gasteiger partial charge is 0.248 e. The van der Waals surface area contributed by atoms with Crippen LogP contribution >= 0.6 is 0 Å². The third-order valence-electron chi connectivity index (χ3n) is 3.23. The van der Waals surface area contributed by atoms with Crippen molar-refractivity contribution in [1.82, 2.24) is 10.2 Å². The highest BCUT2D eigenvalue weighted by Gasteiger charge is 2.50. The predicted molar refractivity (Wildman–Crippen MR) is 60.6 cm³/mol. The number of rotatable bonds is 3. The molecule has 0 spiro atoms. The average Bonchev–Trinajstić information content (AvgIpc) is 2.97. The molecule has 2 amide bonds. The van der Waals surface area contributed by atoms with Crippen molar-refractivity contribution in [3.8, 4) is 0 Å². The fraction of sp³-hybridized carbons (Fsp3) is 0.667. The Morgan fingerprint density at radius 2 is 2.12 bits per heavy atom. The molecule has 0 aromatic rings. The van der Waals surface area contributed by atoms with Crippen molar-refractivity contribution in [2.45, 2.75) is 38.3 Å². The van der Waals surface area contributed by atoms with E-state index in [4.69, 9.17) is 0 Å². The Kier molecular flexibility index (Phi) is 2.52. The highest BCUT2D eigenvalue weighted by molar-refractivity contribution is 5.99. The summed E-state index contributed by atoms with van der Waals surface area (Å²) in [5, 5.41) is 2.80. The summed E-state index contributed by atoms with van der Waals surface area (Å²) in [4.78, 5) is 25.8. The highest BCUT2D eigenvalue weighted by Crippen LogP contribution is 2.37. The Morgan fingerprint density at radius 1 is 1.50 bits per heavy atom. The minimum Gasteiger partial charge on any atom is -0.340 e. The molecule has 88 valence electrons. The lowest BCUT2D eigenvalue weighted by Gasteiger charge is -2.42. The van der Waals surface area contributed by atoms with E-state index in [2.05, 4.69) is 11.9 Å². The van der Waals surface area contributed by atoms with E-state index in [1.54, 1.807) is 24.8 Å². The van der Waals surface area contributed by atoms with Crippen LogP contribution in [0.5, 0.6) is 0 Å². The Bertz CT molecular complexity index is 345. The molecule has 1 aliphatic carbocycles. The number of carbonyl (C=O) groups excluding carboxylic acids is 2. The van der Waals surface area contributed by atoms with E-state index in [0.717, 1.165) is 12.8 Å². The summed E-state index contributed by atoms with van der Waals surface area (Å²) in [5.41, 5.74) is -0.786. The van der Waals surface area contributed by atoms with Crippen LogP contribution in [0.2, 0.25) is 0 Å². The largest absolute Gasteiger partial charge is 0.340 e. The van der Waals surface area contributed by atoms with E-state index in [-0.39, 0.29) is 17.9 Å². The van der Waals surface area contributed by atoms with Crippen molar-refractivity contribution in [2.24, 2.45) is 5.92 Å². The predicted octanol–water partition coefficient (Wildman–Crippen LogP) is 0.688. The lowest BCUT2D eigenvalue weighted by molar-refractivity contribution is -0.153. The van der Waals surface area contributed by atoms with E-state index < -0.39 is 5.54 Å². The van der Waals surface area contributed by atoms with E-state index >= 15 is 0 Å². The van der Waals surface area contributed by atoms with Gasteiger partial charge in [-0.25, -0.2) is 0 Å². The SMILES string of the molecule is C=CCN1C(=O)C(C)(C)NC(=O)C1C1CC1. The molecule has 0 radical (unpaired) electrons. The number of hydrogen-bond acceptors (Lipinski definition) is 2. The first kappa shape index (κ1) is 11.2. The Hall–Kier alpha value is -1.32.